The van der Waals surface area contributed by atoms with Crippen molar-refractivity contribution in [1.29, 1.82) is 0 Å². The van der Waals surface area contributed by atoms with E-state index in [0.717, 1.165) is 11.1 Å². The summed E-state index contributed by atoms with van der Waals surface area (Å²) in [5, 5.41) is 3.59. The largest absolute Gasteiger partial charge is 0.350 e. The molecule has 1 atom stereocenters. The molecule has 0 spiro atoms. The number of hydrogen-bond donors (Lipinski definition) is 1. The molecule has 1 amide bonds. The zero-order valence-corrected chi connectivity index (χ0v) is 16.6. The van der Waals surface area contributed by atoms with Crippen LogP contribution in [-0.4, -0.2) is 32.7 Å². The van der Waals surface area contributed by atoms with Gasteiger partial charge in [0.15, 0.2) is 0 Å². The normalized spacial score (nSPS) is 12.8. The first-order chi connectivity index (χ1) is 12.2. The van der Waals surface area contributed by atoms with Crippen LogP contribution in [0.2, 0.25) is 5.02 Å². The molecule has 0 saturated heterocycles. The van der Waals surface area contributed by atoms with Crippen LogP contribution in [0, 0.1) is 0 Å². The maximum atomic E-state index is 12.2. The Morgan fingerprint density at radius 1 is 1.15 bits per heavy atom. The molecule has 0 heterocycles. The van der Waals surface area contributed by atoms with Gasteiger partial charge in [0.25, 0.3) is 0 Å². The molecule has 0 aliphatic carbocycles. The molecule has 1 N–H and O–H groups in total. The smallest absolute Gasteiger partial charge is 0.242 e. The Morgan fingerprint density at radius 2 is 1.81 bits per heavy atom. The second-order valence-electron chi connectivity index (χ2n) is 6.28. The molecule has 0 aliphatic heterocycles. The number of sulfonamides is 1. The van der Waals surface area contributed by atoms with Crippen LogP contribution in [-0.2, 0) is 21.2 Å². The Balaban J connectivity index is 1.94. The van der Waals surface area contributed by atoms with Gasteiger partial charge < -0.3 is 5.32 Å². The fourth-order valence-electron chi connectivity index (χ4n) is 2.49. The maximum absolute atomic E-state index is 12.2. The van der Waals surface area contributed by atoms with Gasteiger partial charge in [0.05, 0.1) is 10.9 Å². The van der Waals surface area contributed by atoms with Crippen LogP contribution in [0.5, 0.6) is 0 Å². The van der Waals surface area contributed by atoms with E-state index in [2.05, 4.69) is 5.32 Å². The molecular formula is C19H23ClN2O3S. The number of benzene rings is 2. The number of aryl methyl sites for hydroxylation is 1. The molecule has 0 bridgehead atoms. The predicted molar refractivity (Wildman–Crippen MR) is 104 cm³/mol. The Bertz CT molecular complexity index is 865. The van der Waals surface area contributed by atoms with E-state index in [4.69, 9.17) is 11.6 Å². The average Bonchev–Trinajstić information content (AvgIpc) is 2.60. The summed E-state index contributed by atoms with van der Waals surface area (Å²) >= 11 is 5.94. The number of rotatable bonds is 7. The van der Waals surface area contributed by atoms with Gasteiger partial charge in [-0.15, -0.1) is 0 Å². The molecular weight excluding hydrogens is 372 g/mol. The predicted octanol–water partition coefficient (Wildman–Crippen LogP) is 3.40. The fraction of sp³-hybridized carbons (Fsp3) is 0.316. The first-order valence-electron chi connectivity index (χ1n) is 8.26. The van der Waals surface area contributed by atoms with Gasteiger partial charge in [-0.05, 0) is 48.7 Å². The standard InChI is InChI=1S/C19H23ClN2O3S/c1-14(16-8-10-18(11-9-16)26(24,25)22(2)3)21-19(23)12-7-15-5-4-6-17(20)13-15/h4-6,8-11,13-14H,7,12H2,1-3H3,(H,21,23). The van der Waals surface area contributed by atoms with E-state index in [0.29, 0.717) is 17.9 Å². The van der Waals surface area contributed by atoms with Crippen molar-refractivity contribution >= 4 is 27.5 Å². The minimum Gasteiger partial charge on any atom is -0.350 e. The van der Waals surface area contributed by atoms with E-state index in [1.165, 1.54) is 18.4 Å². The summed E-state index contributed by atoms with van der Waals surface area (Å²) in [7, 11) is -0.466. The summed E-state index contributed by atoms with van der Waals surface area (Å²) in [5.41, 5.74) is 1.86. The highest BCUT2D eigenvalue weighted by atomic mass is 35.5. The SMILES string of the molecule is CC(NC(=O)CCc1cccc(Cl)c1)c1ccc(S(=O)(=O)N(C)C)cc1. The van der Waals surface area contributed by atoms with Gasteiger partial charge in [-0.1, -0.05) is 35.9 Å². The van der Waals surface area contributed by atoms with Crippen molar-refractivity contribution in [2.45, 2.75) is 30.7 Å². The number of amides is 1. The van der Waals surface area contributed by atoms with Crippen molar-refractivity contribution in [3.05, 3.63) is 64.7 Å². The van der Waals surface area contributed by atoms with E-state index < -0.39 is 10.0 Å². The molecule has 0 aliphatic rings. The summed E-state index contributed by atoms with van der Waals surface area (Å²) in [5.74, 6) is -0.0672. The van der Waals surface area contributed by atoms with Crippen LogP contribution >= 0.6 is 11.6 Å². The number of nitrogens with zero attached hydrogens (tertiary/aromatic N) is 1. The van der Waals surface area contributed by atoms with Gasteiger partial charge in [-0.3, -0.25) is 4.79 Å². The van der Waals surface area contributed by atoms with Gasteiger partial charge in [-0.25, -0.2) is 12.7 Å². The molecule has 1 unspecified atom stereocenters. The number of carbonyl (C=O) groups is 1. The lowest BCUT2D eigenvalue weighted by atomic mass is 10.1. The van der Waals surface area contributed by atoms with E-state index in [-0.39, 0.29) is 16.8 Å². The topological polar surface area (TPSA) is 66.5 Å². The molecule has 0 aromatic heterocycles. The molecule has 140 valence electrons. The summed E-state index contributed by atoms with van der Waals surface area (Å²) in [6.45, 7) is 1.87. The molecule has 0 saturated carbocycles. The monoisotopic (exact) mass is 394 g/mol. The highest BCUT2D eigenvalue weighted by Crippen LogP contribution is 2.18. The highest BCUT2D eigenvalue weighted by molar-refractivity contribution is 7.89. The van der Waals surface area contributed by atoms with Crippen molar-refractivity contribution in [3.63, 3.8) is 0 Å². The minimum atomic E-state index is -3.45. The summed E-state index contributed by atoms with van der Waals surface area (Å²) in [4.78, 5) is 12.4. The van der Waals surface area contributed by atoms with Crippen LogP contribution in [0.1, 0.15) is 30.5 Å². The van der Waals surface area contributed by atoms with Gasteiger partial charge in [0, 0.05) is 25.5 Å². The third-order valence-corrected chi connectivity index (χ3v) is 6.13. The average molecular weight is 395 g/mol. The van der Waals surface area contributed by atoms with Crippen LogP contribution < -0.4 is 5.32 Å². The van der Waals surface area contributed by atoms with Gasteiger partial charge in [0.2, 0.25) is 15.9 Å². The zero-order chi connectivity index (χ0) is 19.3. The van der Waals surface area contributed by atoms with Gasteiger partial charge in [0.1, 0.15) is 0 Å². The molecule has 0 radical (unpaired) electrons. The van der Waals surface area contributed by atoms with E-state index in [9.17, 15) is 13.2 Å². The Morgan fingerprint density at radius 3 is 2.38 bits per heavy atom. The van der Waals surface area contributed by atoms with Crippen LogP contribution in [0.4, 0.5) is 0 Å². The van der Waals surface area contributed by atoms with Crippen LogP contribution in [0.25, 0.3) is 0 Å². The zero-order valence-electron chi connectivity index (χ0n) is 15.1. The second-order valence-corrected chi connectivity index (χ2v) is 8.86. The van der Waals surface area contributed by atoms with Crippen LogP contribution in [0.3, 0.4) is 0 Å². The molecule has 2 aromatic carbocycles. The maximum Gasteiger partial charge on any atom is 0.242 e. The highest BCUT2D eigenvalue weighted by Gasteiger charge is 2.17. The minimum absolute atomic E-state index is 0.0672. The lowest BCUT2D eigenvalue weighted by molar-refractivity contribution is -0.121. The lowest BCUT2D eigenvalue weighted by Gasteiger charge is -2.16. The summed E-state index contributed by atoms with van der Waals surface area (Å²) in [6, 6.07) is 13.8. The van der Waals surface area contributed by atoms with Crippen molar-refractivity contribution in [2.24, 2.45) is 0 Å². The summed E-state index contributed by atoms with van der Waals surface area (Å²) in [6.07, 6.45) is 0.969. The van der Waals surface area contributed by atoms with Crippen molar-refractivity contribution in [2.75, 3.05) is 14.1 Å². The van der Waals surface area contributed by atoms with Crippen molar-refractivity contribution in [3.8, 4) is 0 Å². The number of carbonyl (C=O) groups excluding carboxylic acids is 1. The Hall–Kier alpha value is -1.89. The van der Waals surface area contributed by atoms with Crippen LogP contribution in [0.15, 0.2) is 53.4 Å². The molecule has 7 heteroatoms. The van der Waals surface area contributed by atoms with E-state index in [1.54, 1.807) is 30.3 Å². The molecule has 5 nitrogen and oxygen atoms in total. The number of nitrogens with one attached hydrogen (secondary N) is 1. The quantitative estimate of drug-likeness (QED) is 0.782. The summed E-state index contributed by atoms with van der Waals surface area (Å²) < 4.78 is 25.3. The molecule has 26 heavy (non-hydrogen) atoms. The fourth-order valence-corrected chi connectivity index (χ4v) is 3.60. The third-order valence-electron chi connectivity index (χ3n) is 4.07. The lowest BCUT2D eigenvalue weighted by Crippen LogP contribution is -2.27. The second kappa shape index (κ2) is 8.66. The Labute approximate surface area is 160 Å². The first kappa shape index (κ1) is 20.4. The van der Waals surface area contributed by atoms with Gasteiger partial charge in [-0.2, -0.15) is 0 Å². The first-order valence-corrected chi connectivity index (χ1v) is 10.1. The van der Waals surface area contributed by atoms with Gasteiger partial charge >= 0.3 is 0 Å². The molecule has 2 aromatic rings. The van der Waals surface area contributed by atoms with E-state index >= 15 is 0 Å². The van der Waals surface area contributed by atoms with E-state index in [1.807, 2.05) is 25.1 Å². The molecule has 2 rings (SSSR count). The Kier molecular flexibility index (Phi) is 6.81. The third kappa shape index (κ3) is 5.30. The number of halogens is 1. The van der Waals surface area contributed by atoms with Crippen molar-refractivity contribution in [1.82, 2.24) is 9.62 Å². The number of hydrogen-bond acceptors (Lipinski definition) is 3. The molecule has 0 fully saturated rings. The van der Waals surface area contributed by atoms with Crippen molar-refractivity contribution < 1.29 is 13.2 Å².